The van der Waals surface area contributed by atoms with Gasteiger partial charge in [0.15, 0.2) is 0 Å². The van der Waals surface area contributed by atoms with Gasteiger partial charge >= 0.3 is 5.97 Å². The molecule has 1 heterocycles. The summed E-state index contributed by atoms with van der Waals surface area (Å²) in [6, 6.07) is 7.51. The van der Waals surface area contributed by atoms with Crippen LogP contribution >= 0.6 is 0 Å². The Kier molecular flexibility index (Phi) is 5.77. The highest BCUT2D eigenvalue weighted by Crippen LogP contribution is 2.23. The molecule has 2 aromatic rings. The Morgan fingerprint density at radius 2 is 2.10 bits per heavy atom. The number of ether oxygens (including phenoxy) is 1. The van der Waals surface area contributed by atoms with Crippen LogP contribution in [0.1, 0.15) is 19.7 Å². The van der Waals surface area contributed by atoms with E-state index in [0.29, 0.717) is 5.82 Å². The summed E-state index contributed by atoms with van der Waals surface area (Å²) in [5.41, 5.74) is 1.65. The third-order valence-corrected chi connectivity index (χ3v) is 2.65. The lowest BCUT2D eigenvalue weighted by Gasteiger charge is -2.01. The third kappa shape index (κ3) is 3.85. The SMILES string of the molecule is CC.COc1cccc(-c2cn(C)c(CC(=O)O)n2)c1. The fourth-order valence-electron chi connectivity index (χ4n) is 1.73. The van der Waals surface area contributed by atoms with Crippen molar-refractivity contribution in [1.82, 2.24) is 9.55 Å². The summed E-state index contributed by atoms with van der Waals surface area (Å²) in [7, 11) is 3.39. The molecule has 0 unspecified atom stereocenters. The Balaban J connectivity index is 0.000000956. The van der Waals surface area contributed by atoms with Crippen molar-refractivity contribution in [2.45, 2.75) is 20.3 Å². The van der Waals surface area contributed by atoms with Crippen molar-refractivity contribution in [3.63, 3.8) is 0 Å². The van der Waals surface area contributed by atoms with Crippen LogP contribution in [0.5, 0.6) is 5.75 Å². The second-order valence-corrected chi connectivity index (χ2v) is 3.96. The number of nitrogens with zero attached hydrogens (tertiary/aromatic N) is 2. The molecule has 2 rings (SSSR count). The molecule has 0 amide bonds. The highest BCUT2D eigenvalue weighted by Gasteiger charge is 2.10. The van der Waals surface area contributed by atoms with E-state index in [2.05, 4.69) is 4.98 Å². The van der Waals surface area contributed by atoms with Crippen LogP contribution in [-0.4, -0.2) is 27.7 Å². The normalized spacial score (nSPS) is 9.60. The fraction of sp³-hybridized carbons (Fsp3) is 0.333. The van der Waals surface area contributed by atoms with Gasteiger partial charge in [0.05, 0.1) is 12.8 Å². The van der Waals surface area contributed by atoms with Crippen LogP contribution < -0.4 is 4.74 Å². The largest absolute Gasteiger partial charge is 0.497 e. The van der Waals surface area contributed by atoms with Crippen LogP contribution in [0.15, 0.2) is 30.5 Å². The second kappa shape index (κ2) is 7.33. The van der Waals surface area contributed by atoms with Crippen molar-refractivity contribution < 1.29 is 14.6 Å². The van der Waals surface area contributed by atoms with Crippen molar-refractivity contribution in [2.24, 2.45) is 7.05 Å². The van der Waals surface area contributed by atoms with E-state index < -0.39 is 5.97 Å². The minimum atomic E-state index is -0.888. The lowest BCUT2D eigenvalue weighted by atomic mass is 10.1. The van der Waals surface area contributed by atoms with Crippen molar-refractivity contribution >= 4 is 5.97 Å². The average Bonchev–Trinajstić information content (AvgIpc) is 2.82. The maximum atomic E-state index is 10.7. The van der Waals surface area contributed by atoms with Gasteiger partial charge in [-0.05, 0) is 12.1 Å². The van der Waals surface area contributed by atoms with Gasteiger partial charge in [-0.3, -0.25) is 4.79 Å². The number of hydrogen-bond donors (Lipinski definition) is 1. The monoisotopic (exact) mass is 276 g/mol. The van der Waals surface area contributed by atoms with Crippen LogP contribution in [0, 0.1) is 0 Å². The van der Waals surface area contributed by atoms with Gasteiger partial charge in [-0.1, -0.05) is 26.0 Å². The maximum absolute atomic E-state index is 10.7. The first-order valence-corrected chi connectivity index (χ1v) is 6.48. The van der Waals surface area contributed by atoms with Gasteiger partial charge in [0, 0.05) is 18.8 Å². The highest BCUT2D eigenvalue weighted by molar-refractivity contribution is 5.70. The predicted octanol–water partition coefficient (Wildman–Crippen LogP) is 2.75. The molecule has 0 bridgehead atoms. The number of carbonyl (C=O) groups is 1. The van der Waals surface area contributed by atoms with E-state index in [0.717, 1.165) is 17.0 Å². The molecule has 1 N–H and O–H groups in total. The molecule has 0 fully saturated rings. The van der Waals surface area contributed by atoms with Gasteiger partial charge in [-0.15, -0.1) is 0 Å². The van der Waals surface area contributed by atoms with Crippen molar-refractivity contribution in [1.29, 1.82) is 0 Å². The molecule has 1 aromatic carbocycles. The van der Waals surface area contributed by atoms with E-state index in [1.54, 1.807) is 18.7 Å². The fourth-order valence-corrected chi connectivity index (χ4v) is 1.73. The molecule has 5 heteroatoms. The highest BCUT2D eigenvalue weighted by atomic mass is 16.5. The quantitative estimate of drug-likeness (QED) is 0.932. The number of hydrogen-bond acceptors (Lipinski definition) is 3. The molecule has 0 radical (unpaired) electrons. The molecule has 0 aliphatic heterocycles. The molecule has 0 aliphatic rings. The zero-order chi connectivity index (χ0) is 15.1. The molecule has 0 aliphatic carbocycles. The minimum Gasteiger partial charge on any atom is -0.497 e. The number of rotatable bonds is 4. The summed E-state index contributed by atoms with van der Waals surface area (Å²) in [6.07, 6.45) is 1.73. The lowest BCUT2D eigenvalue weighted by Crippen LogP contribution is -2.05. The Labute approximate surface area is 118 Å². The topological polar surface area (TPSA) is 64.3 Å². The van der Waals surface area contributed by atoms with Crippen molar-refractivity contribution in [3.8, 4) is 17.0 Å². The van der Waals surface area contributed by atoms with E-state index in [4.69, 9.17) is 9.84 Å². The summed E-state index contributed by atoms with van der Waals surface area (Å²) in [4.78, 5) is 15.0. The molecule has 20 heavy (non-hydrogen) atoms. The van der Waals surface area contributed by atoms with E-state index >= 15 is 0 Å². The van der Waals surface area contributed by atoms with Gasteiger partial charge in [-0.25, -0.2) is 4.98 Å². The summed E-state index contributed by atoms with van der Waals surface area (Å²) in [5, 5.41) is 8.78. The van der Waals surface area contributed by atoms with Crippen LogP contribution in [0.2, 0.25) is 0 Å². The zero-order valence-corrected chi connectivity index (χ0v) is 12.3. The lowest BCUT2D eigenvalue weighted by molar-refractivity contribution is -0.136. The molecule has 108 valence electrons. The standard InChI is InChI=1S/C13H14N2O3.C2H6/c1-15-8-11(14-12(15)7-13(16)17)9-4-3-5-10(6-9)18-2;1-2/h3-6,8H,7H2,1-2H3,(H,16,17);1-2H3. The number of aryl methyl sites for hydroxylation is 1. The number of methoxy groups -OCH3 is 1. The second-order valence-electron chi connectivity index (χ2n) is 3.96. The zero-order valence-electron chi connectivity index (χ0n) is 12.3. The van der Waals surface area contributed by atoms with Gasteiger partial charge in [0.25, 0.3) is 0 Å². The van der Waals surface area contributed by atoms with Crippen LogP contribution in [0.25, 0.3) is 11.3 Å². The van der Waals surface area contributed by atoms with Crippen LogP contribution in [-0.2, 0) is 18.3 Å². The van der Waals surface area contributed by atoms with Crippen LogP contribution in [0.3, 0.4) is 0 Å². The van der Waals surface area contributed by atoms with E-state index in [-0.39, 0.29) is 6.42 Å². The Morgan fingerprint density at radius 1 is 1.40 bits per heavy atom. The Bertz CT molecular complexity index is 576. The minimum absolute atomic E-state index is 0.0829. The predicted molar refractivity (Wildman–Crippen MR) is 77.9 cm³/mol. The molecule has 5 nitrogen and oxygen atoms in total. The Morgan fingerprint density at radius 3 is 2.70 bits per heavy atom. The summed E-state index contributed by atoms with van der Waals surface area (Å²) >= 11 is 0. The summed E-state index contributed by atoms with van der Waals surface area (Å²) in [6.45, 7) is 4.00. The summed E-state index contributed by atoms with van der Waals surface area (Å²) in [5.74, 6) is 0.388. The molecule has 1 aromatic heterocycles. The first-order chi connectivity index (χ1) is 9.60. The number of carboxylic acids is 1. The van der Waals surface area contributed by atoms with E-state index in [9.17, 15) is 4.79 Å². The molecule has 0 saturated carbocycles. The van der Waals surface area contributed by atoms with Crippen LogP contribution in [0.4, 0.5) is 0 Å². The molecule has 0 spiro atoms. The molecule has 0 atom stereocenters. The Hall–Kier alpha value is -2.30. The number of imidazole rings is 1. The molecular formula is C15H20N2O3. The number of aliphatic carboxylic acids is 1. The van der Waals surface area contributed by atoms with Gasteiger partial charge in [0.1, 0.15) is 18.0 Å². The van der Waals surface area contributed by atoms with Gasteiger partial charge in [-0.2, -0.15) is 0 Å². The van der Waals surface area contributed by atoms with Crippen molar-refractivity contribution in [3.05, 3.63) is 36.3 Å². The number of carboxylic acid groups (broad SMARTS) is 1. The number of aromatic nitrogens is 2. The molecular weight excluding hydrogens is 256 g/mol. The van der Waals surface area contributed by atoms with E-state index in [1.165, 1.54) is 0 Å². The van der Waals surface area contributed by atoms with Crippen molar-refractivity contribution in [2.75, 3.05) is 7.11 Å². The average molecular weight is 276 g/mol. The summed E-state index contributed by atoms with van der Waals surface area (Å²) < 4.78 is 6.87. The first-order valence-electron chi connectivity index (χ1n) is 6.48. The molecule has 0 saturated heterocycles. The first kappa shape index (κ1) is 15.8. The van der Waals surface area contributed by atoms with Gasteiger partial charge < -0.3 is 14.4 Å². The smallest absolute Gasteiger partial charge is 0.311 e. The number of benzene rings is 1. The van der Waals surface area contributed by atoms with E-state index in [1.807, 2.05) is 44.3 Å². The third-order valence-electron chi connectivity index (χ3n) is 2.65. The maximum Gasteiger partial charge on any atom is 0.311 e. The van der Waals surface area contributed by atoms with Gasteiger partial charge in [0.2, 0.25) is 0 Å².